The van der Waals surface area contributed by atoms with Crippen LogP contribution in [0.5, 0.6) is 0 Å². The molecule has 0 unspecified atom stereocenters. The van der Waals surface area contributed by atoms with Gasteiger partial charge >= 0.3 is 0 Å². The normalized spacial score (nSPS) is 15.2. The first-order valence-corrected chi connectivity index (χ1v) is 9.35. The number of thiocarbonyl (C=S) groups is 1. The van der Waals surface area contributed by atoms with Crippen LogP contribution in [0.2, 0.25) is 0 Å². The van der Waals surface area contributed by atoms with E-state index in [2.05, 4.69) is 17.4 Å². The third-order valence-electron chi connectivity index (χ3n) is 4.77. The Balaban J connectivity index is 1.76. The fourth-order valence-electron chi connectivity index (χ4n) is 3.46. The number of hydrogen-bond donors (Lipinski definition) is 1. The van der Waals surface area contributed by atoms with Gasteiger partial charge in [0.25, 0.3) is 0 Å². The molecule has 2 aromatic carbocycles. The third kappa shape index (κ3) is 3.54. The average Bonchev–Trinajstić information content (AvgIpc) is 2.68. The van der Waals surface area contributed by atoms with Crippen molar-refractivity contribution in [3.63, 3.8) is 0 Å². The van der Waals surface area contributed by atoms with Gasteiger partial charge in [-0.2, -0.15) is 0 Å². The average molecular weight is 347 g/mol. The van der Waals surface area contributed by atoms with E-state index in [1.165, 1.54) is 32.1 Å². The Morgan fingerprint density at radius 3 is 2.20 bits per heavy atom. The number of fused-ring (bicyclic) bond motifs is 1. The smallest absolute Gasteiger partial charge is 0.127 e. The summed E-state index contributed by atoms with van der Waals surface area (Å²) < 4.78 is 0. The van der Waals surface area contributed by atoms with Crippen LogP contribution in [0.25, 0.3) is 22.3 Å². The zero-order valence-corrected chi connectivity index (χ0v) is 14.9. The minimum absolute atomic E-state index is 0.457. The Kier molecular flexibility index (Phi) is 4.70. The van der Waals surface area contributed by atoms with Crippen molar-refractivity contribution in [3.8, 4) is 11.3 Å². The summed E-state index contributed by atoms with van der Waals surface area (Å²) in [4.78, 5) is 10.4. The zero-order chi connectivity index (χ0) is 17.1. The van der Waals surface area contributed by atoms with Gasteiger partial charge < -0.3 is 5.32 Å². The number of rotatable bonds is 3. The summed E-state index contributed by atoms with van der Waals surface area (Å²) in [6.45, 7) is 0. The van der Waals surface area contributed by atoms with E-state index in [-0.39, 0.29) is 0 Å². The summed E-state index contributed by atoms with van der Waals surface area (Å²) in [5.41, 5.74) is 4.46. The minimum atomic E-state index is 0.457. The van der Waals surface area contributed by atoms with Crippen LogP contribution in [0.4, 0.5) is 0 Å². The molecule has 0 aliphatic heterocycles. The molecule has 4 rings (SSSR count). The van der Waals surface area contributed by atoms with E-state index in [0.29, 0.717) is 11.0 Å². The van der Waals surface area contributed by atoms with Gasteiger partial charge in [0.2, 0.25) is 0 Å². The van der Waals surface area contributed by atoms with Crippen LogP contribution in [0, 0.1) is 0 Å². The number of para-hydroxylation sites is 2. The van der Waals surface area contributed by atoms with Gasteiger partial charge in [0.1, 0.15) is 10.7 Å². The highest BCUT2D eigenvalue weighted by Gasteiger charge is 2.19. The van der Waals surface area contributed by atoms with Crippen LogP contribution in [-0.4, -0.2) is 21.0 Å². The van der Waals surface area contributed by atoms with Gasteiger partial charge in [-0.15, -0.1) is 0 Å². The van der Waals surface area contributed by atoms with Crippen molar-refractivity contribution in [1.82, 2.24) is 15.3 Å². The summed E-state index contributed by atoms with van der Waals surface area (Å²) >= 11 is 5.74. The van der Waals surface area contributed by atoms with Gasteiger partial charge in [-0.05, 0) is 25.0 Å². The monoisotopic (exact) mass is 347 g/mol. The van der Waals surface area contributed by atoms with Crippen molar-refractivity contribution in [2.45, 2.75) is 38.1 Å². The lowest BCUT2D eigenvalue weighted by atomic mass is 9.95. The second-order valence-electron chi connectivity index (χ2n) is 6.58. The summed E-state index contributed by atoms with van der Waals surface area (Å²) in [6, 6.07) is 18.6. The predicted octanol–water partition coefficient (Wildman–Crippen LogP) is 4.89. The topological polar surface area (TPSA) is 37.8 Å². The molecule has 3 nitrogen and oxygen atoms in total. The van der Waals surface area contributed by atoms with Gasteiger partial charge in [-0.1, -0.05) is 73.9 Å². The Morgan fingerprint density at radius 1 is 0.840 bits per heavy atom. The largest absolute Gasteiger partial charge is 0.372 e. The lowest BCUT2D eigenvalue weighted by Crippen LogP contribution is -2.36. The van der Waals surface area contributed by atoms with Crippen LogP contribution >= 0.6 is 12.2 Å². The van der Waals surface area contributed by atoms with Crippen LogP contribution in [0.3, 0.4) is 0 Å². The second kappa shape index (κ2) is 7.28. The van der Waals surface area contributed by atoms with E-state index < -0.39 is 0 Å². The molecule has 1 N–H and O–H groups in total. The molecule has 126 valence electrons. The first-order chi connectivity index (χ1) is 12.3. The zero-order valence-electron chi connectivity index (χ0n) is 14.1. The van der Waals surface area contributed by atoms with E-state index in [0.717, 1.165) is 28.0 Å². The SMILES string of the molecule is S=C(NC1CCCCC1)c1nc2ccccc2nc1-c1ccccc1. The molecule has 3 aromatic rings. The number of hydrogen-bond acceptors (Lipinski definition) is 3. The lowest BCUT2D eigenvalue weighted by molar-refractivity contribution is 0.415. The molecule has 1 saturated carbocycles. The standard InChI is InChI=1S/C21H21N3S/c25-21(22-16-11-5-2-6-12-16)20-19(15-9-3-1-4-10-15)23-17-13-7-8-14-18(17)24-20/h1,3-4,7-10,13-14,16H,2,5-6,11-12H2,(H,22,25). The Labute approximate surface area is 153 Å². The number of benzene rings is 2. The summed E-state index contributed by atoms with van der Waals surface area (Å²) in [5.74, 6) is 0. The summed E-state index contributed by atoms with van der Waals surface area (Å²) in [7, 11) is 0. The van der Waals surface area contributed by atoms with Crippen molar-refractivity contribution in [3.05, 3.63) is 60.3 Å². The second-order valence-corrected chi connectivity index (χ2v) is 6.99. The number of nitrogens with one attached hydrogen (secondary N) is 1. The highest BCUT2D eigenvalue weighted by molar-refractivity contribution is 7.80. The van der Waals surface area contributed by atoms with Gasteiger partial charge in [-0.3, -0.25) is 0 Å². The van der Waals surface area contributed by atoms with Crippen molar-refractivity contribution in [1.29, 1.82) is 0 Å². The number of nitrogens with zero attached hydrogens (tertiary/aromatic N) is 2. The molecular formula is C21H21N3S. The van der Waals surface area contributed by atoms with E-state index in [1.807, 2.05) is 42.5 Å². The third-order valence-corrected chi connectivity index (χ3v) is 5.08. The minimum Gasteiger partial charge on any atom is -0.372 e. The molecule has 1 aromatic heterocycles. The lowest BCUT2D eigenvalue weighted by Gasteiger charge is -2.24. The molecule has 4 heteroatoms. The molecule has 0 radical (unpaired) electrons. The Morgan fingerprint density at radius 2 is 1.48 bits per heavy atom. The highest BCUT2D eigenvalue weighted by atomic mass is 32.1. The van der Waals surface area contributed by atoms with E-state index in [4.69, 9.17) is 22.2 Å². The van der Waals surface area contributed by atoms with Crippen molar-refractivity contribution >= 4 is 28.2 Å². The van der Waals surface area contributed by atoms with Gasteiger partial charge in [0.05, 0.1) is 16.7 Å². The highest BCUT2D eigenvalue weighted by Crippen LogP contribution is 2.24. The van der Waals surface area contributed by atoms with E-state index in [9.17, 15) is 0 Å². The molecule has 1 fully saturated rings. The van der Waals surface area contributed by atoms with Crippen LogP contribution in [-0.2, 0) is 0 Å². The maximum absolute atomic E-state index is 5.74. The fraction of sp³-hybridized carbons (Fsp3) is 0.286. The summed E-state index contributed by atoms with van der Waals surface area (Å²) in [5, 5.41) is 3.54. The van der Waals surface area contributed by atoms with Crippen LogP contribution < -0.4 is 5.32 Å². The van der Waals surface area contributed by atoms with Gasteiger partial charge in [-0.25, -0.2) is 9.97 Å². The van der Waals surface area contributed by atoms with Crippen molar-refractivity contribution in [2.24, 2.45) is 0 Å². The maximum Gasteiger partial charge on any atom is 0.127 e. The molecule has 1 aliphatic carbocycles. The molecule has 0 amide bonds. The molecule has 0 spiro atoms. The number of aromatic nitrogens is 2. The van der Waals surface area contributed by atoms with Crippen molar-refractivity contribution in [2.75, 3.05) is 0 Å². The summed E-state index contributed by atoms with van der Waals surface area (Å²) in [6.07, 6.45) is 6.24. The predicted molar refractivity (Wildman–Crippen MR) is 107 cm³/mol. The van der Waals surface area contributed by atoms with Gasteiger partial charge in [0.15, 0.2) is 0 Å². The molecule has 25 heavy (non-hydrogen) atoms. The molecule has 1 aliphatic rings. The Hall–Kier alpha value is -2.33. The van der Waals surface area contributed by atoms with E-state index in [1.54, 1.807) is 0 Å². The molecule has 0 bridgehead atoms. The first kappa shape index (κ1) is 16.2. The molecular weight excluding hydrogens is 326 g/mol. The quantitative estimate of drug-likeness (QED) is 0.684. The van der Waals surface area contributed by atoms with Crippen molar-refractivity contribution < 1.29 is 0 Å². The molecule has 1 heterocycles. The van der Waals surface area contributed by atoms with Gasteiger partial charge in [0, 0.05) is 11.6 Å². The fourth-order valence-corrected chi connectivity index (χ4v) is 3.77. The Bertz CT molecular complexity index is 886. The van der Waals surface area contributed by atoms with Crippen LogP contribution in [0.15, 0.2) is 54.6 Å². The first-order valence-electron chi connectivity index (χ1n) is 8.94. The van der Waals surface area contributed by atoms with Crippen LogP contribution in [0.1, 0.15) is 37.8 Å². The molecule has 0 saturated heterocycles. The molecule has 0 atom stereocenters. The van der Waals surface area contributed by atoms with E-state index >= 15 is 0 Å². The maximum atomic E-state index is 5.74.